The predicted molar refractivity (Wildman–Crippen MR) is 85.8 cm³/mol. The summed E-state index contributed by atoms with van der Waals surface area (Å²) in [6.45, 7) is 1.75. The standard InChI is InChI=1S/C18H18O4/c1-12-5-4-6-14(18(12)20)15(19)9-7-13-8-10-16(21-2)17(11-13)22-3/h4-11,20H,1-3H3/b9-7+. The van der Waals surface area contributed by atoms with Crippen LogP contribution >= 0.6 is 0 Å². The Hall–Kier alpha value is -2.75. The highest BCUT2D eigenvalue weighted by Crippen LogP contribution is 2.28. The molecule has 4 nitrogen and oxygen atoms in total. The van der Waals surface area contributed by atoms with Crippen LogP contribution in [0.4, 0.5) is 0 Å². The third-order valence-corrected chi connectivity index (χ3v) is 3.34. The Bertz CT molecular complexity index is 717. The van der Waals surface area contributed by atoms with Crippen LogP contribution in [-0.2, 0) is 0 Å². The highest BCUT2D eigenvalue weighted by molar-refractivity contribution is 6.08. The number of aryl methyl sites for hydroxylation is 1. The molecule has 0 aliphatic carbocycles. The van der Waals surface area contributed by atoms with E-state index in [0.29, 0.717) is 17.1 Å². The summed E-state index contributed by atoms with van der Waals surface area (Å²) < 4.78 is 10.4. The summed E-state index contributed by atoms with van der Waals surface area (Å²) in [5.74, 6) is 0.984. The summed E-state index contributed by atoms with van der Waals surface area (Å²) >= 11 is 0. The van der Waals surface area contributed by atoms with Gasteiger partial charge in [-0.05, 0) is 42.3 Å². The molecular weight excluding hydrogens is 280 g/mol. The van der Waals surface area contributed by atoms with Gasteiger partial charge in [0.2, 0.25) is 0 Å². The van der Waals surface area contributed by atoms with E-state index in [1.165, 1.54) is 6.08 Å². The van der Waals surface area contributed by atoms with Crippen LogP contribution in [0.2, 0.25) is 0 Å². The van der Waals surface area contributed by atoms with E-state index in [9.17, 15) is 9.90 Å². The van der Waals surface area contributed by atoms with Gasteiger partial charge >= 0.3 is 0 Å². The Labute approximate surface area is 129 Å². The number of allylic oxidation sites excluding steroid dienone is 1. The first kappa shape index (κ1) is 15.6. The minimum atomic E-state index is -0.254. The molecule has 0 unspecified atom stereocenters. The Morgan fingerprint density at radius 3 is 2.50 bits per heavy atom. The molecule has 114 valence electrons. The second-order valence-electron chi connectivity index (χ2n) is 4.78. The number of methoxy groups -OCH3 is 2. The predicted octanol–water partition coefficient (Wildman–Crippen LogP) is 3.61. The van der Waals surface area contributed by atoms with E-state index in [1.54, 1.807) is 57.6 Å². The highest BCUT2D eigenvalue weighted by atomic mass is 16.5. The van der Waals surface area contributed by atoms with Gasteiger partial charge in [-0.1, -0.05) is 24.3 Å². The quantitative estimate of drug-likeness (QED) is 0.676. The van der Waals surface area contributed by atoms with E-state index < -0.39 is 0 Å². The number of phenolic OH excluding ortho intramolecular Hbond substituents is 1. The third kappa shape index (κ3) is 3.28. The normalized spacial score (nSPS) is 10.7. The molecule has 0 atom stereocenters. The number of hydrogen-bond acceptors (Lipinski definition) is 4. The largest absolute Gasteiger partial charge is 0.507 e. The number of carbonyl (C=O) groups is 1. The molecule has 0 fully saturated rings. The number of para-hydroxylation sites is 1. The van der Waals surface area contributed by atoms with Gasteiger partial charge in [0.1, 0.15) is 5.75 Å². The fourth-order valence-electron chi connectivity index (χ4n) is 2.08. The molecular formula is C18H18O4. The molecule has 0 spiro atoms. The van der Waals surface area contributed by atoms with Gasteiger partial charge in [0.25, 0.3) is 0 Å². The van der Waals surface area contributed by atoms with E-state index in [0.717, 1.165) is 5.56 Å². The molecule has 22 heavy (non-hydrogen) atoms. The average Bonchev–Trinajstić information content (AvgIpc) is 2.54. The zero-order valence-corrected chi connectivity index (χ0v) is 12.8. The molecule has 0 bridgehead atoms. The number of rotatable bonds is 5. The zero-order chi connectivity index (χ0) is 16.1. The highest BCUT2D eigenvalue weighted by Gasteiger charge is 2.09. The van der Waals surface area contributed by atoms with E-state index in [4.69, 9.17) is 9.47 Å². The summed E-state index contributed by atoms with van der Waals surface area (Å²) in [6.07, 6.45) is 3.10. The van der Waals surface area contributed by atoms with E-state index in [-0.39, 0.29) is 17.1 Å². The molecule has 1 N–H and O–H groups in total. The van der Waals surface area contributed by atoms with E-state index in [2.05, 4.69) is 0 Å². The maximum absolute atomic E-state index is 12.2. The smallest absolute Gasteiger partial charge is 0.189 e. The van der Waals surface area contributed by atoms with E-state index in [1.807, 2.05) is 6.07 Å². The second kappa shape index (κ2) is 6.80. The Morgan fingerprint density at radius 2 is 1.82 bits per heavy atom. The molecule has 0 radical (unpaired) electrons. The SMILES string of the molecule is COc1ccc(/C=C/C(=O)c2cccc(C)c2O)cc1OC. The lowest BCUT2D eigenvalue weighted by Crippen LogP contribution is -1.96. The maximum Gasteiger partial charge on any atom is 0.189 e. The molecule has 2 aromatic rings. The van der Waals surface area contributed by atoms with Gasteiger partial charge < -0.3 is 14.6 Å². The lowest BCUT2D eigenvalue weighted by molar-refractivity contribution is 0.104. The first-order valence-corrected chi connectivity index (χ1v) is 6.80. The van der Waals surface area contributed by atoms with Gasteiger partial charge in [-0.15, -0.1) is 0 Å². The third-order valence-electron chi connectivity index (χ3n) is 3.34. The van der Waals surface area contributed by atoms with Crippen molar-refractivity contribution in [2.75, 3.05) is 14.2 Å². The van der Waals surface area contributed by atoms with Crippen molar-refractivity contribution in [1.82, 2.24) is 0 Å². The lowest BCUT2D eigenvalue weighted by atomic mass is 10.0. The molecule has 4 heteroatoms. The first-order valence-electron chi connectivity index (χ1n) is 6.80. The number of ether oxygens (including phenoxy) is 2. The lowest BCUT2D eigenvalue weighted by Gasteiger charge is -2.07. The van der Waals surface area contributed by atoms with Crippen LogP contribution in [0.15, 0.2) is 42.5 Å². The van der Waals surface area contributed by atoms with E-state index >= 15 is 0 Å². The van der Waals surface area contributed by atoms with Gasteiger partial charge in [0, 0.05) is 0 Å². The molecule has 0 aliphatic rings. The van der Waals surface area contributed by atoms with Gasteiger partial charge in [-0.3, -0.25) is 4.79 Å². The van der Waals surface area contributed by atoms with Crippen LogP contribution in [-0.4, -0.2) is 25.1 Å². The Balaban J connectivity index is 2.24. The fourth-order valence-corrected chi connectivity index (χ4v) is 2.08. The minimum Gasteiger partial charge on any atom is -0.507 e. The fraction of sp³-hybridized carbons (Fsp3) is 0.167. The van der Waals surface area contributed by atoms with Crippen LogP contribution in [0, 0.1) is 6.92 Å². The molecule has 0 aliphatic heterocycles. The number of carbonyl (C=O) groups excluding carboxylic acids is 1. The Kier molecular flexibility index (Phi) is 4.84. The van der Waals surface area contributed by atoms with Crippen molar-refractivity contribution in [2.24, 2.45) is 0 Å². The Morgan fingerprint density at radius 1 is 1.09 bits per heavy atom. The summed E-state index contributed by atoms with van der Waals surface area (Å²) in [5.41, 5.74) is 1.76. The molecule has 2 rings (SSSR count). The van der Waals surface area contributed by atoms with Crippen molar-refractivity contribution in [3.63, 3.8) is 0 Å². The molecule has 0 saturated heterocycles. The van der Waals surface area contributed by atoms with Crippen LogP contribution in [0.3, 0.4) is 0 Å². The molecule has 0 saturated carbocycles. The van der Waals surface area contributed by atoms with Crippen LogP contribution in [0.25, 0.3) is 6.08 Å². The average molecular weight is 298 g/mol. The minimum absolute atomic E-state index is 0.0180. The van der Waals surface area contributed by atoms with Gasteiger partial charge in [-0.25, -0.2) is 0 Å². The van der Waals surface area contributed by atoms with Gasteiger partial charge in [0.15, 0.2) is 17.3 Å². The van der Waals surface area contributed by atoms with Crippen molar-refractivity contribution in [3.05, 3.63) is 59.2 Å². The van der Waals surface area contributed by atoms with Crippen molar-refractivity contribution in [1.29, 1.82) is 0 Å². The number of aromatic hydroxyl groups is 1. The number of benzene rings is 2. The maximum atomic E-state index is 12.2. The van der Waals surface area contributed by atoms with Crippen molar-refractivity contribution >= 4 is 11.9 Å². The van der Waals surface area contributed by atoms with Crippen LogP contribution < -0.4 is 9.47 Å². The molecule has 2 aromatic carbocycles. The summed E-state index contributed by atoms with van der Waals surface area (Å²) in [5, 5.41) is 9.92. The van der Waals surface area contributed by atoms with Crippen LogP contribution in [0.5, 0.6) is 17.2 Å². The molecule has 0 aromatic heterocycles. The zero-order valence-electron chi connectivity index (χ0n) is 12.8. The number of ketones is 1. The first-order chi connectivity index (χ1) is 10.6. The topological polar surface area (TPSA) is 55.8 Å². The molecule has 0 amide bonds. The summed E-state index contributed by atoms with van der Waals surface area (Å²) in [6, 6.07) is 10.5. The number of phenols is 1. The van der Waals surface area contributed by atoms with Gasteiger partial charge in [0.05, 0.1) is 19.8 Å². The summed E-state index contributed by atoms with van der Waals surface area (Å²) in [4.78, 5) is 12.2. The van der Waals surface area contributed by atoms with Gasteiger partial charge in [-0.2, -0.15) is 0 Å². The monoisotopic (exact) mass is 298 g/mol. The van der Waals surface area contributed by atoms with Crippen molar-refractivity contribution in [3.8, 4) is 17.2 Å². The van der Waals surface area contributed by atoms with Crippen molar-refractivity contribution < 1.29 is 19.4 Å². The molecule has 0 heterocycles. The van der Waals surface area contributed by atoms with Crippen LogP contribution in [0.1, 0.15) is 21.5 Å². The summed E-state index contributed by atoms with van der Waals surface area (Å²) in [7, 11) is 3.12. The van der Waals surface area contributed by atoms with Crippen molar-refractivity contribution in [2.45, 2.75) is 6.92 Å². The number of hydrogen-bond donors (Lipinski definition) is 1. The second-order valence-corrected chi connectivity index (χ2v) is 4.78.